The first-order valence-corrected chi connectivity index (χ1v) is 9.08. The number of hydrogen-bond donors (Lipinski definition) is 0. The molecule has 0 spiro atoms. The van der Waals surface area contributed by atoms with Crippen LogP contribution in [0.1, 0.15) is 30.9 Å². The molecule has 0 heterocycles. The number of ketones is 1. The van der Waals surface area contributed by atoms with Crippen LogP contribution < -0.4 is 0 Å². The summed E-state index contributed by atoms with van der Waals surface area (Å²) in [6.07, 6.45) is 11.0. The fraction of sp³-hybridized carbons (Fsp3) is 0.208. The molecule has 0 saturated heterocycles. The molecule has 1 atom stereocenters. The van der Waals surface area contributed by atoms with Gasteiger partial charge >= 0.3 is 0 Å². The topological polar surface area (TPSA) is 17.1 Å². The number of fused-ring (bicyclic) bond motifs is 1. The van der Waals surface area contributed by atoms with Crippen LogP contribution >= 0.6 is 0 Å². The van der Waals surface area contributed by atoms with E-state index in [0.717, 1.165) is 12.8 Å². The summed E-state index contributed by atoms with van der Waals surface area (Å²) in [6.45, 7) is 2.20. The van der Waals surface area contributed by atoms with Gasteiger partial charge in [0, 0.05) is 12.3 Å². The molecule has 2 aromatic rings. The third kappa shape index (κ3) is 3.02. The second kappa shape index (κ2) is 6.68. The van der Waals surface area contributed by atoms with Crippen molar-refractivity contribution >= 4 is 11.4 Å². The summed E-state index contributed by atoms with van der Waals surface area (Å²) in [5, 5.41) is 0. The summed E-state index contributed by atoms with van der Waals surface area (Å²) in [4.78, 5) is 11.9. The zero-order chi connectivity index (χ0) is 17.2. The fourth-order valence-corrected chi connectivity index (χ4v) is 3.88. The van der Waals surface area contributed by atoms with E-state index in [-0.39, 0.29) is 5.78 Å². The van der Waals surface area contributed by atoms with Gasteiger partial charge in [-0.3, -0.25) is 4.79 Å². The van der Waals surface area contributed by atoms with Gasteiger partial charge in [-0.2, -0.15) is 0 Å². The monoisotopic (exact) mass is 326 g/mol. The molecule has 0 aliphatic heterocycles. The molecule has 0 N–H and O–H groups in total. The van der Waals surface area contributed by atoms with Gasteiger partial charge in [-0.1, -0.05) is 73.7 Å². The number of rotatable bonds is 3. The van der Waals surface area contributed by atoms with E-state index in [4.69, 9.17) is 0 Å². The SMILES string of the molecule is CCc1cc(C2=CC=CC3CCC(=O)C=C23)ccc1-c1ccccc1. The van der Waals surface area contributed by atoms with Gasteiger partial charge in [-0.25, -0.2) is 0 Å². The minimum atomic E-state index is 0.254. The summed E-state index contributed by atoms with van der Waals surface area (Å²) in [5.74, 6) is 0.639. The Hall–Kier alpha value is -2.67. The first-order valence-electron chi connectivity index (χ1n) is 9.08. The molecule has 4 rings (SSSR count). The molecule has 0 saturated carbocycles. The second-order valence-electron chi connectivity index (χ2n) is 6.77. The van der Waals surface area contributed by atoms with Gasteiger partial charge in [-0.15, -0.1) is 0 Å². The lowest BCUT2D eigenvalue weighted by Crippen LogP contribution is -2.15. The van der Waals surface area contributed by atoms with E-state index < -0.39 is 0 Å². The highest BCUT2D eigenvalue weighted by atomic mass is 16.1. The molecular weight excluding hydrogens is 304 g/mol. The second-order valence-corrected chi connectivity index (χ2v) is 6.77. The van der Waals surface area contributed by atoms with Crippen LogP contribution in [0, 0.1) is 5.92 Å². The number of benzene rings is 2. The molecule has 2 aromatic carbocycles. The summed E-state index contributed by atoms with van der Waals surface area (Å²) in [6, 6.07) is 17.3. The van der Waals surface area contributed by atoms with E-state index in [2.05, 4.69) is 73.7 Å². The third-order valence-corrected chi connectivity index (χ3v) is 5.22. The molecule has 0 amide bonds. The van der Waals surface area contributed by atoms with Crippen molar-refractivity contribution in [2.75, 3.05) is 0 Å². The maximum absolute atomic E-state index is 11.9. The highest BCUT2D eigenvalue weighted by Crippen LogP contribution is 2.39. The smallest absolute Gasteiger partial charge is 0.156 e. The van der Waals surface area contributed by atoms with Gasteiger partial charge in [0.05, 0.1) is 0 Å². The highest BCUT2D eigenvalue weighted by molar-refractivity contribution is 5.97. The van der Waals surface area contributed by atoms with Crippen molar-refractivity contribution in [3.8, 4) is 11.1 Å². The molecule has 0 bridgehead atoms. The third-order valence-electron chi connectivity index (χ3n) is 5.22. The van der Waals surface area contributed by atoms with Gasteiger partial charge in [-0.05, 0) is 52.3 Å². The van der Waals surface area contributed by atoms with Crippen LogP contribution in [0.2, 0.25) is 0 Å². The van der Waals surface area contributed by atoms with Crippen molar-refractivity contribution in [3.05, 3.63) is 89.5 Å². The molecule has 0 fully saturated rings. The number of carbonyl (C=O) groups excluding carboxylic acids is 1. The standard InChI is InChI=1S/C24H22O/c1-2-17-15-20(12-14-22(17)18-7-4-3-5-8-18)23-10-6-9-19-11-13-21(25)16-24(19)23/h3-10,12,14-16,19H,2,11,13H2,1H3. The van der Waals surface area contributed by atoms with E-state index in [0.29, 0.717) is 12.3 Å². The lowest BCUT2D eigenvalue weighted by molar-refractivity contribution is -0.115. The Morgan fingerprint density at radius 1 is 1.04 bits per heavy atom. The molecule has 124 valence electrons. The summed E-state index contributed by atoms with van der Waals surface area (Å²) in [5.41, 5.74) is 7.51. The van der Waals surface area contributed by atoms with Gasteiger partial charge in [0.2, 0.25) is 0 Å². The molecule has 1 nitrogen and oxygen atoms in total. The van der Waals surface area contributed by atoms with Crippen molar-refractivity contribution in [1.29, 1.82) is 0 Å². The zero-order valence-electron chi connectivity index (χ0n) is 14.5. The van der Waals surface area contributed by atoms with E-state index >= 15 is 0 Å². The van der Waals surface area contributed by atoms with Crippen LogP contribution in [0.4, 0.5) is 0 Å². The number of carbonyl (C=O) groups is 1. The Morgan fingerprint density at radius 3 is 2.68 bits per heavy atom. The van der Waals surface area contributed by atoms with Crippen molar-refractivity contribution in [1.82, 2.24) is 0 Å². The number of allylic oxidation sites excluding steroid dienone is 6. The van der Waals surface area contributed by atoms with Crippen molar-refractivity contribution in [2.24, 2.45) is 5.92 Å². The molecule has 0 aromatic heterocycles. The molecule has 25 heavy (non-hydrogen) atoms. The molecular formula is C24H22O. The molecule has 1 unspecified atom stereocenters. The Bertz CT molecular complexity index is 897. The average Bonchev–Trinajstić information content (AvgIpc) is 2.67. The quantitative estimate of drug-likeness (QED) is 0.699. The van der Waals surface area contributed by atoms with Crippen LogP contribution in [0.25, 0.3) is 16.7 Å². The van der Waals surface area contributed by atoms with Crippen LogP contribution in [0.5, 0.6) is 0 Å². The van der Waals surface area contributed by atoms with E-state index in [1.165, 1.54) is 33.4 Å². The molecule has 2 aliphatic rings. The van der Waals surface area contributed by atoms with Crippen LogP contribution in [-0.4, -0.2) is 5.78 Å². The van der Waals surface area contributed by atoms with Gasteiger partial charge in [0.1, 0.15) is 0 Å². The Kier molecular flexibility index (Phi) is 4.23. The summed E-state index contributed by atoms with van der Waals surface area (Å²) >= 11 is 0. The predicted octanol–water partition coefficient (Wildman–Crippen LogP) is 5.77. The normalized spacial score (nSPS) is 19.2. The summed E-state index contributed by atoms with van der Waals surface area (Å²) in [7, 11) is 0. The highest BCUT2D eigenvalue weighted by Gasteiger charge is 2.24. The first-order chi connectivity index (χ1) is 12.3. The molecule has 1 heteroatoms. The van der Waals surface area contributed by atoms with Gasteiger partial charge in [0.15, 0.2) is 5.78 Å². The van der Waals surface area contributed by atoms with Crippen LogP contribution in [0.3, 0.4) is 0 Å². The van der Waals surface area contributed by atoms with Gasteiger partial charge in [0.25, 0.3) is 0 Å². The Morgan fingerprint density at radius 2 is 1.88 bits per heavy atom. The minimum Gasteiger partial charge on any atom is -0.295 e. The van der Waals surface area contributed by atoms with Crippen molar-refractivity contribution < 1.29 is 4.79 Å². The lowest BCUT2D eigenvalue weighted by Gasteiger charge is -2.26. The van der Waals surface area contributed by atoms with Crippen LogP contribution in [-0.2, 0) is 11.2 Å². The van der Waals surface area contributed by atoms with E-state index in [1.807, 2.05) is 6.08 Å². The van der Waals surface area contributed by atoms with Gasteiger partial charge < -0.3 is 0 Å². The number of hydrogen-bond acceptors (Lipinski definition) is 1. The lowest BCUT2D eigenvalue weighted by atomic mass is 9.77. The molecule has 2 aliphatic carbocycles. The zero-order valence-corrected chi connectivity index (χ0v) is 14.5. The Balaban J connectivity index is 1.78. The molecule has 0 radical (unpaired) electrons. The summed E-state index contributed by atoms with van der Waals surface area (Å²) < 4.78 is 0. The van der Waals surface area contributed by atoms with Crippen molar-refractivity contribution in [2.45, 2.75) is 26.2 Å². The maximum atomic E-state index is 11.9. The van der Waals surface area contributed by atoms with Crippen LogP contribution in [0.15, 0.2) is 78.4 Å². The first kappa shape index (κ1) is 15.8. The Labute approximate surface area is 149 Å². The fourth-order valence-electron chi connectivity index (χ4n) is 3.88. The predicted molar refractivity (Wildman–Crippen MR) is 104 cm³/mol. The maximum Gasteiger partial charge on any atom is 0.156 e. The largest absolute Gasteiger partial charge is 0.295 e. The van der Waals surface area contributed by atoms with E-state index in [9.17, 15) is 4.79 Å². The minimum absolute atomic E-state index is 0.254. The van der Waals surface area contributed by atoms with E-state index in [1.54, 1.807) is 0 Å². The van der Waals surface area contributed by atoms with Crippen molar-refractivity contribution in [3.63, 3.8) is 0 Å². The number of aryl methyl sites for hydroxylation is 1. The average molecular weight is 326 g/mol.